The molecule has 0 radical (unpaired) electrons. The number of esters is 1. The molecule has 6 nitrogen and oxygen atoms in total. The van der Waals surface area contributed by atoms with Gasteiger partial charge in [-0.1, -0.05) is 12.1 Å². The van der Waals surface area contributed by atoms with Crippen molar-refractivity contribution in [3.8, 4) is 17.2 Å². The standard InChI is InChI=1S/C20H18F2O6/c1-25-17-5-3-4-14(19(17)26-2)8-11-18(24)27-12-16(23)13-6-9-15(10-7-13)28-20(21)22/h3-11,20H,12H2,1-2H3/b11-8+. The Kier molecular flexibility index (Phi) is 7.50. The molecule has 2 aromatic rings. The number of ether oxygens (including phenoxy) is 4. The number of halogens is 2. The minimum atomic E-state index is -2.95. The highest BCUT2D eigenvalue weighted by atomic mass is 19.3. The van der Waals surface area contributed by atoms with E-state index in [-0.39, 0.29) is 11.3 Å². The summed E-state index contributed by atoms with van der Waals surface area (Å²) < 4.78 is 43.7. The molecule has 2 rings (SSSR count). The fraction of sp³-hybridized carbons (Fsp3) is 0.200. The Balaban J connectivity index is 1.93. The van der Waals surface area contributed by atoms with Crippen LogP contribution < -0.4 is 14.2 Å². The summed E-state index contributed by atoms with van der Waals surface area (Å²) in [5, 5.41) is 0. The van der Waals surface area contributed by atoms with Gasteiger partial charge in [-0.2, -0.15) is 8.78 Å². The van der Waals surface area contributed by atoms with Gasteiger partial charge in [0.2, 0.25) is 0 Å². The van der Waals surface area contributed by atoms with Gasteiger partial charge in [0.15, 0.2) is 23.9 Å². The van der Waals surface area contributed by atoms with Gasteiger partial charge in [-0.05, 0) is 36.4 Å². The largest absolute Gasteiger partial charge is 0.493 e. The summed E-state index contributed by atoms with van der Waals surface area (Å²) in [7, 11) is 2.97. The first kappa shape index (κ1) is 20.9. The molecule has 28 heavy (non-hydrogen) atoms. The zero-order valence-corrected chi connectivity index (χ0v) is 15.2. The van der Waals surface area contributed by atoms with Gasteiger partial charge in [-0.25, -0.2) is 4.79 Å². The maximum absolute atomic E-state index is 12.1. The Hall–Kier alpha value is -3.42. The van der Waals surface area contributed by atoms with E-state index in [1.807, 2.05) is 0 Å². The predicted molar refractivity (Wildman–Crippen MR) is 96.9 cm³/mol. The molecular formula is C20H18F2O6. The second-order valence-corrected chi connectivity index (χ2v) is 5.35. The number of hydrogen-bond donors (Lipinski definition) is 0. The minimum Gasteiger partial charge on any atom is -0.493 e. The molecule has 0 heterocycles. The predicted octanol–water partition coefficient (Wildman–Crippen LogP) is 3.74. The topological polar surface area (TPSA) is 71.1 Å². The van der Waals surface area contributed by atoms with Crippen LogP contribution in [0.25, 0.3) is 6.08 Å². The van der Waals surface area contributed by atoms with Crippen LogP contribution in [0.4, 0.5) is 8.78 Å². The Morgan fingerprint density at radius 1 is 1.04 bits per heavy atom. The highest BCUT2D eigenvalue weighted by Gasteiger charge is 2.11. The first-order valence-corrected chi connectivity index (χ1v) is 8.08. The van der Waals surface area contributed by atoms with Gasteiger partial charge in [0.1, 0.15) is 5.75 Å². The van der Waals surface area contributed by atoms with Crippen LogP contribution in [0.1, 0.15) is 15.9 Å². The summed E-state index contributed by atoms with van der Waals surface area (Å²) in [6, 6.07) is 10.3. The van der Waals surface area contributed by atoms with Crippen LogP contribution in [0.3, 0.4) is 0 Å². The lowest BCUT2D eigenvalue weighted by molar-refractivity contribution is -0.136. The Morgan fingerprint density at radius 2 is 1.75 bits per heavy atom. The lowest BCUT2D eigenvalue weighted by Crippen LogP contribution is -2.12. The third-order valence-electron chi connectivity index (χ3n) is 3.58. The maximum Gasteiger partial charge on any atom is 0.387 e. The number of benzene rings is 2. The van der Waals surface area contributed by atoms with Gasteiger partial charge in [-0.3, -0.25) is 4.79 Å². The van der Waals surface area contributed by atoms with E-state index >= 15 is 0 Å². The molecule has 148 valence electrons. The van der Waals surface area contributed by atoms with Crippen molar-refractivity contribution in [3.63, 3.8) is 0 Å². The van der Waals surface area contributed by atoms with Crippen molar-refractivity contribution < 1.29 is 37.3 Å². The van der Waals surface area contributed by atoms with Gasteiger partial charge < -0.3 is 18.9 Å². The summed E-state index contributed by atoms with van der Waals surface area (Å²) in [5.74, 6) is -0.317. The van der Waals surface area contributed by atoms with Crippen molar-refractivity contribution in [2.45, 2.75) is 6.61 Å². The summed E-state index contributed by atoms with van der Waals surface area (Å²) in [6.07, 6.45) is 2.63. The molecule has 2 aromatic carbocycles. The van der Waals surface area contributed by atoms with E-state index in [4.69, 9.17) is 14.2 Å². The number of methoxy groups -OCH3 is 2. The smallest absolute Gasteiger partial charge is 0.387 e. The van der Waals surface area contributed by atoms with Crippen LogP contribution in [-0.4, -0.2) is 39.2 Å². The van der Waals surface area contributed by atoms with Crippen LogP contribution >= 0.6 is 0 Å². The molecule has 0 aliphatic rings. The summed E-state index contributed by atoms with van der Waals surface area (Å²) in [5.41, 5.74) is 0.799. The molecule has 0 atom stereocenters. The van der Waals surface area contributed by atoms with Gasteiger partial charge in [0.25, 0.3) is 0 Å². The number of ketones is 1. The van der Waals surface area contributed by atoms with Gasteiger partial charge in [0.05, 0.1) is 14.2 Å². The van der Waals surface area contributed by atoms with Crippen molar-refractivity contribution in [3.05, 3.63) is 59.7 Å². The molecular weight excluding hydrogens is 374 g/mol. The third-order valence-corrected chi connectivity index (χ3v) is 3.58. The van der Waals surface area contributed by atoms with Crippen LogP contribution in [0, 0.1) is 0 Å². The van der Waals surface area contributed by atoms with Crippen molar-refractivity contribution >= 4 is 17.8 Å². The number of alkyl halides is 2. The van der Waals surface area contributed by atoms with Crippen LogP contribution in [0.5, 0.6) is 17.2 Å². The zero-order valence-electron chi connectivity index (χ0n) is 15.2. The molecule has 0 aromatic heterocycles. The van der Waals surface area contributed by atoms with Crippen molar-refractivity contribution in [2.24, 2.45) is 0 Å². The second kappa shape index (κ2) is 10.1. The number of Topliss-reactive ketones (excluding diaryl/α,β-unsaturated/α-hetero) is 1. The molecule has 0 spiro atoms. The van der Waals surface area contributed by atoms with Gasteiger partial charge in [0, 0.05) is 17.2 Å². The normalized spacial score (nSPS) is 10.8. The molecule has 0 unspecified atom stereocenters. The van der Waals surface area contributed by atoms with E-state index in [1.165, 1.54) is 44.6 Å². The fourth-order valence-electron chi connectivity index (χ4n) is 2.29. The lowest BCUT2D eigenvalue weighted by atomic mass is 10.1. The lowest BCUT2D eigenvalue weighted by Gasteiger charge is -2.09. The highest BCUT2D eigenvalue weighted by Crippen LogP contribution is 2.31. The zero-order chi connectivity index (χ0) is 20.5. The summed E-state index contributed by atoms with van der Waals surface area (Å²) >= 11 is 0. The number of rotatable bonds is 9. The van der Waals surface area contributed by atoms with E-state index in [9.17, 15) is 18.4 Å². The number of para-hydroxylation sites is 1. The van der Waals surface area contributed by atoms with E-state index in [0.29, 0.717) is 17.1 Å². The molecule has 0 aliphatic heterocycles. The third kappa shape index (κ3) is 5.80. The molecule has 0 N–H and O–H groups in total. The molecule has 0 saturated carbocycles. The van der Waals surface area contributed by atoms with Gasteiger partial charge in [-0.15, -0.1) is 0 Å². The van der Waals surface area contributed by atoms with Crippen molar-refractivity contribution in [1.29, 1.82) is 0 Å². The van der Waals surface area contributed by atoms with Crippen LogP contribution in [0.2, 0.25) is 0 Å². The molecule has 0 fully saturated rings. The Labute approximate surface area is 160 Å². The van der Waals surface area contributed by atoms with E-state index in [0.717, 1.165) is 6.08 Å². The molecule has 0 aliphatic carbocycles. The van der Waals surface area contributed by atoms with Crippen LogP contribution in [0.15, 0.2) is 48.5 Å². The molecule has 0 bridgehead atoms. The van der Waals surface area contributed by atoms with Gasteiger partial charge >= 0.3 is 12.6 Å². The maximum atomic E-state index is 12.1. The minimum absolute atomic E-state index is 0.0706. The van der Waals surface area contributed by atoms with E-state index in [2.05, 4.69) is 4.74 Å². The van der Waals surface area contributed by atoms with Crippen molar-refractivity contribution in [1.82, 2.24) is 0 Å². The number of carbonyl (C=O) groups is 2. The quantitative estimate of drug-likeness (QED) is 0.368. The molecule has 0 saturated heterocycles. The number of hydrogen-bond acceptors (Lipinski definition) is 6. The SMILES string of the molecule is COc1cccc(/C=C/C(=O)OCC(=O)c2ccc(OC(F)F)cc2)c1OC. The Bertz CT molecular complexity index is 846. The number of carbonyl (C=O) groups excluding carboxylic acids is 2. The summed E-state index contributed by atoms with van der Waals surface area (Å²) in [4.78, 5) is 23.9. The van der Waals surface area contributed by atoms with E-state index in [1.54, 1.807) is 18.2 Å². The second-order valence-electron chi connectivity index (χ2n) is 5.35. The Morgan fingerprint density at radius 3 is 2.36 bits per heavy atom. The summed E-state index contributed by atoms with van der Waals surface area (Å²) in [6.45, 7) is -3.44. The highest BCUT2D eigenvalue weighted by molar-refractivity contribution is 5.99. The van der Waals surface area contributed by atoms with Crippen molar-refractivity contribution in [2.75, 3.05) is 20.8 Å². The molecule has 0 amide bonds. The monoisotopic (exact) mass is 392 g/mol. The first-order chi connectivity index (χ1) is 13.4. The molecule has 8 heteroatoms. The van der Waals surface area contributed by atoms with E-state index < -0.39 is 25.0 Å². The average Bonchev–Trinajstić information content (AvgIpc) is 2.70. The van der Waals surface area contributed by atoms with Crippen LogP contribution in [-0.2, 0) is 9.53 Å². The average molecular weight is 392 g/mol. The fourth-order valence-corrected chi connectivity index (χ4v) is 2.29. The first-order valence-electron chi connectivity index (χ1n) is 8.08.